The van der Waals surface area contributed by atoms with E-state index in [1.165, 1.54) is 23.3 Å². The summed E-state index contributed by atoms with van der Waals surface area (Å²) in [6.07, 6.45) is 9.48. The molecular formula is C20H30N2O2S. The molecular weight excluding hydrogens is 332 g/mol. The fourth-order valence-electron chi connectivity index (χ4n) is 3.82. The molecule has 2 heterocycles. The molecule has 0 saturated carbocycles. The summed E-state index contributed by atoms with van der Waals surface area (Å²) in [6, 6.07) is 2.07. The van der Waals surface area contributed by atoms with Crippen LogP contribution in [0.15, 0.2) is 6.07 Å². The van der Waals surface area contributed by atoms with Crippen LogP contribution >= 0.6 is 11.3 Å². The molecule has 1 aliphatic carbocycles. The summed E-state index contributed by atoms with van der Waals surface area (Å²) in [5.41, 5.74) is 1.23. The van der Waals surface area contributed by atoms with Crippen molar-refractivity contribution in [2.24, 2.45) is 5.92 Å². The molecule has 1 aromatic heterocycles. The largest absolute Gasteiger partial charge is 0.356 e. The third-order valence-electron chi connectivity index (χ3n) is 5.39. The van der Waals surface area contributed by atoms with Gasteiger partial charge in [-0.3, -0.25) is 9.59 Å². The van der Waals surface area contributed by atoms with Crippen LogP contribution < -0.4 is 5.32 Å². The molecule has 1 aliphatic heterocycles. The van der Waals surface area contributed by atoms with E-state index in [0.29, 0.717) is 0 Å². The lowest BCUT2D eigenvalue weighted by Crippen LogP contribution is -2.34. The highest BCUT2D eigenvalue weighted by Crippen LogP contribution is 2.33. The second kappa shape index (κ2) is 8.84. The Morgan fingerprint density at radius 2 is 2.00 bits per heavy atom. The quantitative estimate of drug-likeness (QED) is 0.810. The van der Waals surface area contributed by atoms with Crippen molar-refractivity contribution in [3.05, 3.63) is 21.4 Å². The highest BCUT2D eigenvalue weighted by atomic mass is 32.1. The number of fused-ring (bicyclic) bond motifs is 1. The molecule has 1 saturated heterocycles. The Labute approximate surface area is 155 Å². The first-order valence-corrected chi connectivity index (χ1v) is 10.7. The first-order valence-electron chi connectivity index (χ1n) is 9.87. The summed E-state index contributed by atoms with van der Waals surface area (Å²) in [7, 11) is 0. The van der Waals surface area contributed by atoms with Gasteiger partial charge in [0.2, 0.25) is 5.91 Å². The monoisotopic (exact) mass is 362 g/mol. The number of aryl methyl sites for hydroxylation is 1. The van der Waals surface area contributed by atoms with E-state index in [2.05, 4.69) is 18.3 Å². The molecule has 138 valence electrons. The number of carbonyl (C=O) groups excluding carboxylic acids is 2. The zero-order valence-corrected chi connectivity index (χ0v) is 16.1. The van der Waals surface area contributed by atoms with E-state index in [-0.39, 0.29) is 17.7 Å². The summed E-state index contributed by atoms with van der Waals surface area (Å²) in [4.78, 5) is 29.4. The number of unbranched alkanes of at least 4 members (excludes halogenated alkanes) is 1. The third-order valence-corrected chi connectivity index (χ3v) is 6.61. The molecule has 0 radical (unpaired) electrons. The lowest BCUT2D eigenvalue weighted by atomic mass is 9.87. The van der Waals surface area contributed by atoms with Gasteiger partial charge < -0.3 is 10.2 Å². The lowest BCUT2D eigenvalue weighted by Gasteiger charge is -2.21. The van der Waals surface area contributed by atoms with Gasteiger partial charge in [0, 0.05) is 30.4 Å². The number of hydrogen-bond donors (Lipinski definition) is 1. The van der Waals surface area contributed by atoms with E-state index >= 15 is 0 Å². The standard InChI is InChI=1S/C20H30N2O2S/c1-2-3-10-21-19(23)15-8-9-17-16(13-15)14-18(25-17)20(24)22-11-6-4-5-7-12-22/h14-15H,2-13H2,1H3,(H,21,23). The first kappa shape index (κ1) is 18.4. The van der Waals surface area contributed by atoms with Gasteiger partial charge in [0.05, 0.1) is 4.88 Å². The molecule has 3 rings (SSSR count). The van der Waals surface area contributed by atoms with Crippen molar-refractivity contribution in [2.75, 3.05) is 19.6 Å². The molecule has 1 fully saturated rings. The lowest BCUT2D eigenvalue weighted by molar-refractivity contribution is -0.125. The Morgan fingerprint density at radius 1 is 1.24 bits per heavy atom. The van der Waals surface area contributed by atoms with E-state index in [4.69, 9.17) is 0 Å². The van der Waals surface area contributed by atoms with Gasteiger partial charge in [-0.05, 0) is 50.2 Å². The minimum absolute atomic E-state index is 0.0695. The van der Waals surface area contributed by atoms with Gasteiger partial charge in [0.1, 0.15) is 0 Å². The molecule has 0 bridgehead atoms. The number of thiophene rings is 1. The maximum Gasteiger partial charge on any atom is 0.263 e. The van der Waals surface area contributed by atoms with E-state index < -0.39 is 0 Å². The van der Waals surface area contributed by atoms with Crippen LogP contribution in [-0.4, -0.2) is 36.3 Å². The Bertz CT molecular complexity index is 603. The molecule has 1 atom stereocenters. The van der Waals surface area contributed by atoms with Gasteiger partial charge in [-0.2, -0.15) is 0 Å². The van der Waals surface area contributed by atoms with E-state index in [1.54, 1.807) is 11.3 Å². The van der Waals surface area contributed by atoms with Crippen molar-refractivity contribution < 1.29 is 9.59 Å². The normalized spacial score (nSPS) is 20.7. The van der Waals surface area contributed by atoms with Gasteiger partial charge in [0.25, 0.3) is 5.91 Å². The number of hydrogen-bond acceptors (Lipinski definition) is 3. The summed E-state index contributed by atoms with van der Waals surface area (Å²) < 4.78 is 0. The summed E-state index contributed by atoms with van der Waals surface area (Å²) >= 11 is 1.66. The first-order chi connectivity index (χ1) is 12.2. The van der Waals surface area contributed by atoms with Crippen molar-refractivity contribution >= 4 is 23.2 Å². The topological polar surface area (TPSA) is 49.4 Å². The predicted molar refractivity (Wildman–Crippen MR) is 102 cm³/mol. The van der Waals surface area contributed by atoms with Gasteiger partial charge in [-0.1, -0.05) is 26.2 Å². The van der Waals surface area contributed by atoms with Gasteiger partial charge >= 0.3 is 0 Å². The fourth-order valence-corrected chi connectivity index (χ4v) is 4.99. The maximum absolute atomic E-state index is 12.8. The van der Waals surface area contributed by atoms with Crippen molar-refractivity contribution in [3.8, 4) is 0 Å². The number of likely N-dealkylation sites (tertiary alicyclic amines) is 1. The second-order valence-corrected chi connectivity index (χ2v) is 8.49. The van der Waals surface area contributed by atoms with E-state index in [1.807, 2.05) is 4.90 Å². The van der Waals surface area contributed by atoms with E-state index in [9.17, 15) is 9.59 Å². The number of carbonyl (C=O) groups is 2. The Kier molecular flexibility index (Phi) is 6.51. The molecule has 1 N–H and O–H groups in total. The molecule has 2 aliphatic rings. The Balaban J connectivity index is 1.62. The minimum Gasteiger partial charge on any atom is -0.356 e. The summed E-state index contributed by atoms with van der Waals surface area (Å²) in [5.74, 6) is 0.455. The zero-order valence-electron chi connectivity index (χ0n) is 15.3. The second-order valence-electron chi connectivity index (χ2n) is 7.35. The maximum atomic E-state index is 12.8. The number of nitrogens with zero attached hydrogens (tertiary/aromatic N) is 1. The van der Waals surface area contributed by atoms with Crippen LogP contribution in [0.25, 0.3) is 0 Å². The number of rotatable bonds is 5. The highest BCUT2D eigenvalue weighted by Gasteiger charge is 2.28. The predicted octanol–water partition coefficient (Wildman–Crippen LogP) is 3.79. The minimum atomic E-state index is 0.0695. The molecule has 2 amide bonds. The SMILES string of the molecule is CCCCNC(=O)C1CCc2sc(C(=O)N3CCCCCC3)cc2C1. The number of nitrogens with one attached hydrogen (secondary N) is 1. The average Bonchev–Trinajstić information content (AvgIpc) is 2.86. The highest BCUT2D eigenvalue weighted by molar-refractivity contribution is 7.14. The van der Waals surface area contributed by atoms with Crippen molar-refractivity contribution in [1.82, 2.24) is 10.2 Å². The number of amides is 2. The third kappa shape index (κ3) is 4.63. The summed E-state index contributed by atoms with van der Waals surface area (Å²) in [5, 5.41) is 3.06. The fraction of sp³-hybridized carbons (Fsp3) is 0.700. The molecule has 0 spiro atoms. The van der Waals surface area contributed by atoms with Crippen molar-refractivity contribution in [2.45, 2.75) is 64.7 Å². The molecule has 25 heavy (non-hydrogen) atoms. The zero-order chi connectivity index (χ0) is 17.6. The van der Waals surface area contributed by atoms with Crippen LogP contribution in [0.2, 0.25) is 0 Å². The van der Waals surface area contributed by atoms with Crippen LogP contribution in [-0.2, 0) is 17.6 Å². The van der Waals surface area contributed by atoms with Crippen molar-refractivity contribution in [3.63, 3.8) is 0 Å². The van der Waals surface area contributed by atoms with Crippen LogP contribution in [0, 0.1) is 5.92 Å². The Hall–Kier alpha value is -1.36. The van der Waals surface area contributed by atoms with Crippen LogP contribution in [0.1, 0.15) is 72.0 Å². The molecule has 5 heteroatoms. The van der Waals surface area contributed by atoms with Crippen molar-refractivity contribution in [1.29, 1.82) is 0 Å². The Morgan fingerprint density at radius 3 is 2.72 bits per heavy atom. The van der Waals surface area contributed by atoms with E-state index in [0.717, 1.165) is 69.5 Å². The molecule has 0 aromatic carbocycles. The van der Waals surface area contributed by atoms with Gasteiger partial charge in [-0.15, -0.1) is 11.3 Å². The van der Waals surface area contributed by atoms with Gasteiger partial charge in [0.15, 0.2) is 0 Å². The average molecular weight is 363 g/mol. The van der Waals surface area contributed by atoms with Crippen LogP contribution in [0.5, 0.6) is 0 Å². The van der Waals surface area contributed by atoms with Crippen LogP contribution in [0.3, 0.4) is 0 Å². The molecule has 4 nitrogen and oxygen atoms in total. The molecule has 1 aromatic rings. The summed E-state index contributed by atoms with van der Waals surface area (Å²) in [6.45, 7) is 4.70. The van der Waals surface area contributed by atoms with Gasteiger partial charge in [-0.25, -0.2) is 0 Å². The smallest absolute Gasteiger partial charge is 0.263 e. The van der Waals surface area contributed by atoms with Crippen LogP contribution in [0.4, 0.5) is 0 Å². The molecule has 1 unspecified atom stereocenters.